The Kier molecular flexibility index (Phi) is 5.47. The highest BCUT2D eigenvalue weighted by Gasteiger charge is 2.15. The number of halogens is 2. The lowest BCUT2D eigenvalue weighted by atomic mass is 10.0. The van der Waals surface area contributed by atoms with Crippen molar-refractivity contribution in [2.45, 2.75) is 38.7 Å². The number of alkyl halides is 1. The third-order valence-corrected chi connectivity index (χ3v) is 4.77. The average Bonchev–Trinajstić information content (AvgIpc) is 2.89. The van der Waals surface area contributed by atoms with Crippen molar-refractivity contribution in [1.82, 2.24) is 4.98 Å². The number of nitrogens with zero attached hydrogens (tertiary/aromatic N) is 1. The molecule has 0 saturated carbocycles. The fourth-order valence-corrected chi connectivity index (χ4v) is 3.30. The molecule has 0 aliphatic rings. The zero-order valence-electron chi connectivity index (χ0n) is 11.7. The molecule has 20 heavy (non-hydrogen) atoms. The summed E-state index contributed by atoms with van der Waals surface area (Å²) in [5.41, 5.74) is 2.10. The van der Waals surface area contributed by atoms with Crippen molar-refractivity contribution in [3.8, 4) is 5.75 Å². The van der Waals surface area contributed by atoms with Gasteiger partial charge in [0.15, 0.2) is 0 Å². The van der Waals surface area contributed by atoms with Crippen molar-refractivity contribution < 1.29 is 4.74 Å². The van der Waals surface area contributed by atoms with Crippen LogP contribution in [0.1, 0.15) is 49.1 Å². The molecule has 1 aromatic carbocycles. The van der Waals surface area contributed by atoms with Gasteiger partial charge < -0.3 is 4.74 Å². The van der Waals surface area contributed by atoms with Gasteiger partial charge in [0.2, 0.25) is 0 Å². The van der Waals surface area contributed by atoms with Crippen molar-refractivity contribution in [1.29, 1.82) is 0 Å². The number of aromatic nitrogens is 1. The Bertz CT molecular complexity index is 585. The predicted octanol–water partition coefficient (Wildman–Crippen LogP) is 5.91. The molecule has 0 amide bonds. The quantitative estimate of drug-likeness (QED) is 0.607. The largest absolute Gasteiger partial charge is 0.483 e. The molecule has 0 aliphatic carbocycles. The van der Waals surface area contributed by atoms with Crippen molar-refractivity contribution in [3.63, 3.8) is 0 Å². The van der Waals surface area contributed by atoms with Crippen molar-refractivity contribution in [3.05, 3.63) is 44.3 Å². The van der Waals surface area contributed by atoms with Gasteiger partial charge >= 0.3 is 0 Å². The molecular formula is C15H17BrClNOS. The Morgan fingerprint density at radius 3 is 2.70 bits per heavy atom. The fourth-order valence-electron chi connectivity index (χ4n) is 1.89. The molecule has 1 aromatic heterocycles. The standard InChI is InChI=1S/C15H17BrClNOS/c1-9(2)13-6-11(16)4-5-14(13)19-10(3)15-18-12(7-17)8-20-15/h4-6,8-10H,7H2,1-3H3. The maximum atomic E-state index is 6.09. The molecule has 0 aliphatic heterocycles. The van der Waals surface area contributed by atoms with Crippen LogP contribution in [0, 0.1) is 0 Å². The van der Waals surface area contributed by atoms with Crippen molar-refractivity contribution in [2.75, 3.05) is 0 Å². The number of thiazole rings is 1. The predicted molar refractivity (Wildman–Crippen MR) is 88.9 cm³/mol. The monoisotopic (exact) mass is 373 g/mol. The first-order chi connectivity index (χ1) is 9.51. The van der Waals surface area contributed by atoms with Gasteiger partial charge in [0.25, 0.3) is 0 Å². The summed E-state index contributed by atoms with van der Waals surface area (Å²) in [6.45, 7) is 6.34. The second-order valence-electron chi connectivity index (χ2n) is 4.91. The molecule has 0 radical (unpaired) electrons. The highest BCUT2D eigenvalue weighted by atomic mass is 79.9. The van der Waals surface area contributed by atoms with E-state index in [1.54, 1.807) is 11.3 Å². The van der Waals surface area contributed by atoms with Crippen LogP contribution in [-0.4, -0.2) is 4.98 Å². The minimum atomic E-state index is -0.0735. The van der Waals surface area contributed by atoms with Gasteiger partial charge in [-0.1, -0.05) is 29.8 Å². The van der Waals surface area contributed by atoms with Crippen LogP contribution in [0.25, 0.3) is 0 Å². The lowest BCUT2D eigenvalue weighted by Gasteiger charge is -2.18. The molecule has 0 fully saturated rings. The lowest BCUT2D eigenvalue weighted by molar-refractivity contribution is 0.223. The summed E-state index contributed by atoms with van der Waals surface area (Å²) in [6, 6.07) is 6.12. The van der Waals surface area contributed by atoms with Gasteiger partial charge in [-0.2, -0.15) is 0 Å². The summed E-state index contributed by atoms with van der Waals surface area (Å²) in [4.78, 5) is 4.47. The van der Waals surface area contributed by atoms with Crippen LogP contribution in [0.2, 0.25) is 0 Å². The molecule has 0 N–H and O–H groups in total. The maximum absolute atomic E-state index is 6.09. The molecule has 1 atom stereocenters. The fraction of sp³-hybridized carbons (Fsp3) is 0.400. The molecule has 0 bridgehead atoms. The van der Waals surface area contributed by atoms with E-state index in [1.807, 2.05) is 24.4 Å². The molecule has 2 nitrogen and oxygen atoms in total. The van der Waals surface area contributed by atoms with Crippen LogP contribution in [0.3, 0.4) is 0 Å². The van der Waals surface area contributed by atoms with Gasteiger partial charge in [-0.05, 0) is 36.6 Å². The Morgan fingerprint density at radius 2 is 2.10 bits per heavy atom. The van der Waals surface area contributed by atoms with E-state index in [-0.39, 0.29) is 6.10 Å². The van der Waals surface area contributed by atoms with E-state index in [0.717, 1.165) is 20.9 Å². The van der Waals surface area contributed by atoms with E-state index in [4.69, 9.17) is 16.3 Å². The van der Waals surface area contributed by atoms with Crippen LogP contribution >= 0.6 is 38.9 Å². The van der Waals surface area contributed by atoms with Crippen molar-refractivity contribution in [2.24, 2.45) is 0 Å². The van der Waals surface area contributed by atoms with Crippen LogP contribution in [0.15, 0.2) is 28.1 Å². The highest BCUT2D eigenvalue weighted by Crippen LogP contribution is 2.33. The van der Waals surface area contributed by atoms with Gasteiger partial charge in [-0.15, -0.1) is 22.9 Å². The third-order valence-electron chi connectivity index (χ3n) is 2.95. The molecular weight excluding hydrogens is 358 g/mol. The first-order valence-corrected chi connectivity index (χ1v) is 8.68. The van der Waals surface area contributed by atoms with Gasteiger partial charge in [0, 0.05) is 9.85 Å². The molecule has 5 heteroatoms. The van der Waals surface area contributed by atoms with Crippen molar-refractivity contribution >= 4 is 38.9 Å². The third kappa shape index (κ3) is 3.74. The molecule has 108 valence electrons. The molecule has 2 aromatic rings. The molecule has 0 saturated heterocycles. The maximum Gasteiger partial charge on any atom is 0.147 e. The second kappa shape index (κ2) is 6.92. The first kappa shape index (κ1) is 15.8. The Balaban J connectivity index is 2.20. The average molecular weight is 375 g/mol. The van der Waals surface area contributed by atoms with Gasteiger partial charge in [-0.3, -0.25) is 0 Å². The molecule has 0 spiro atoms. The summed E-state index contributed by atoms with van der Waals surface area (Å²) in [5, 5.41) is 2.94. The van der Waals surface area contributed by atoms with E-state index in [2.05, 4.69) is 40.8 Å². The zero-order chi connectivity index (χ0) is 14.7. The highest BCUT2D eigenvalue weighted by molar-refractivity contribution is 9.10. The summed E-state index contributed by atoms with van der Waals surface area (Å²) in [7, 11) is 0. The normalized spacial score (nSPS) is 12.7. The van der Waals surface area contributed by atoms with Crippen LogP contribution < -0.4 is 4.74 Å². The number of rotatable bonds is 5. The van der Waals surface area contributed by atoms with E-state index in [9.17, 15) is 0 Å². The minimum absolute atomic E-state index is 0.0735. The SMILES string of the molecule is CC(C)c1cc(Br)ccc1OC(C)c1nc(CCl)cs1. The topological polar surface area (TPSA) is 22.1 Å². The number of hydrogen-bond donors (Lipinski definition) is 0. The summed E-state index contributed by atoms with van der Waals surface area (Å²) < 4.78 is 7.16. The van der Waals surface area contributed by atoms with E-state index in [0.29, 0.717) is 11.8 Å². The minimum Gasteiger partial charge on any atom is -0.483 e. The summed E-state index contributed by atoms with van der Waals surface area (Å²) in [6.07, 6.45) is -0.0735. The Labute approximate surface area is 137 Å². The number of hydrogen-bond acceptors (Lipinski definition) is 3. The van der Waals surface area contributed by atoms with Crippen LogP contribution in [0.4, 0.5) is 0 Å². The Hall–Kier alpha value is -0.580. The first-order valence-electron chi connectivity index (χ1n) is 6.47. The Morgan fingerprint density at radius 1 is 1.35 bits per heavy atom. The van der Waals surface area contributed by atoms with Gasteiger partial charge in [0.05, 0.1) is 11.6 Å². The van der Waals surface area contributed by atoms with E-state index >= 15 is 0 Å². The summed E-state index contributed by atoms with van der Waals surface area (Å²) in [5.74, 6) is 1.77. The van der Waals surface area contributed by atoms with E-state index < -0.39 is 0 Å². The van der Waals surface area contributed by atoms with E-state index in [1.165, 1.54) is 5.56 Å². The number of ether oxygens (including phenoxy) is 1. The number of benzene rings is 1. The van der Waals surface area contributed by atoms with Crippen LogP contribution in [-0.2, 0) is 5.88 Å². The van der Waals surface area contributed by atoms with Crippen LogP contribution in [0.5, 0.6) is 5.75 Å². The molecule has 1 heterocycles. The lowest BCUT2D eigenvalue weighted by Crippen LogP contribution is -2.05. The zero-order valence-corrected chi connectivity index (χ0v) is 14.8. The van der Waals surface area contributed by atoms with Gasteiger partial charge in [0.1, 0.15) is 16.9 Å². The summed E-state index contributed by atoms with van der Waals surface area (Å²) >= 11 is 10.9. The molecule has 2 rings (SSSR count). The van der Waals surface area contributed by atoms with Gasteiger partial charge in [-0.25, -0.2) is 4.98 Å². The molecule has 1 unspecified atom stereocenters. The smallest absolute Gasteiger partial charge is 0.147 e. The second-order valence-corrected chi connectivity index (χ2v) is 6.98.